The lowest BCUT2D eigenvalue weighted by Gasteiger charge is -2.44. The van der Waals surface area contributed by atoms with Crippen LogP contribution in [0.25, 0.3) is 10.4 Å². The van der Waals surface area contributed by atoms with E-state index in [0.29, 0.717) is 6.61 Å². The lowest BCUT2D eigenvalue weighted by Crippen LogP contribution is -2.63. The van der Waals surface area contributed by atoms with Crippen LogP contribution in [0.5, 0.6) is 0 Å². The molecule has 0 unspecified atom stereocenters. The summed E-state index contributed by atoms with van der Waals surface area (Å²) < 4.78 is 42.2. The Hall–Kier alpha value is -6.05. The molecule has 1 aliphatic rings. The standard InChI is InChI=1S/C43H45N3O11/c1-2-3-4-17-26-51-27-34(45-46-44)28-53-43-38(57-42(50)33-24-15-8-16-25-33)37(56-41(49)32-22-13-7-14-23-32)36(55-40(48)31-20-11-6-12-21-31)35(54-43)29-52-39(47)30-18-9-5-10-19-30/h5-16,18-25,34-38,43H,2-4,17,26-29H2,1H3/t34-,35-,36+,37+,38-,43-/m1/s1. The van der Waals surface area contributed by atoms with Gasteiger partial charge < -0.3 is 33.2 Å². The molecule has 0 amide bonds. The topological polar surface area (TPSA) is 182 Å². The van der Waals surface area contributed by atoms with E-state index in [1.807, 2.05) is 0 Å². The zero-order chi connectivity index (χ0) is 40.2. The number of benzene rings is 4. The number of nitrogens with zero attached hydrogens (tertiary/aromatic N) is 3. The quantitative estimate of drug-likeness (QED) is 0.0216. The van der Waals surface area contributed by atoms with Crippen molar-refractivity contribution < 1.29 is 52.3 Å². The smallest absolute Gasteiger partial charge is 0.338 e. The molecule has 0 spiro atoms. The monoisotopic (exact) mass is 779 g/mol. The molecule has 0 N–H and O–H groups in total. The van der Waals surface area contributed by atoms with E-state index >= 15 is 0 Å². The minimum atomic E-state index is -1.59. The van der Waals surface area contributed by atoms with Crippen molar-refractivity contribution in [3.63, 3.8) is 0 Å². The number of carbonyl (C=O) groups excluding carboxylic acids is 4. The molecule has 14 nitrogen and oxygen atoms in total. The Morgan fingerprint density at radius 3 is 1.60 bits per heavy atom. The molecule has 6 atom stereocenters. The largest absolute Gasteiger partial charge is 0.459 e. The normalized spacial score (nSPS) is 19.3. The van der Waals surface area contributed by atoms with Crippen LogP contribution in [-0.4, -0.2) is 87.1 Å². The first-order valence-corrected chi connectivity index (χ1v) is 18.8. The molecule has 57 heavy (non-hydrogen) atoms. The highest BCUT2D eigenvalue weighted by Gasteiger charge is 2.54. The van der Waals surface area contributed by atoms with Crippen molar-refractivity contribution in [2.24, 2.45) is 5.11 Å². The van der Waals surface area contributed by atoms with Crippen molar-refractivity contribution in [3.05, 3.63) is 154 Å². The molecular formula is C43H45N3O11. The summed E-state index contributed by atoms with van der Waals surface area (Å²) in [5.41, 5.74) is 10.1. The predicted molar refractivity (Wildman–Crippen MR) is 206 cm³/mol. The van der Waals surface area contributed by atoms with Gasteiger partial charge in [0.1, 0.15) is 12.7 Å². The Labute approximate surface area is 330 Å². The Morgan fingerprint density at radius 2 is 1.11 bits per heavy atom. The van der Waals surface area contributed by atoms with Crippen molar-refractivity contribution in [1.82, 2.24) is 0 Å². The second-order valence-corrected chi connectivity index (χ2v) is 13.0. The minimum absolute atomic E-state index is 0.0131. The molecule has 5 rings (SSSR count). The molecule has 4 aromatic carbocycles. The molecule has 1 heterocycles. The van der Waals surface area contributed by atoms with E-state index in [4.69, 9.17) is 33.2 Å². The average Bonchev–Trinajstić information content (AvgIpc) is 3.25. The van der Waals surface area contributed by atoms with Crippen LogP contribution < -0.4 is 0 Å². The molecule has 1 fully saturated rings. The third kappa shape index (κ3) is 12.7. The molecule has 1 aliphatic heterocycles. The average molecular weight is 780 g/mol. The highest BCUT2D eigenvalue weighted by molar-refractivity contribution is 5.91. The van der Waals surface area contributed by atoms with E-state index in [9.17, 15) is 24.7 Å². The van der Waals surface area contributed by atoms with Gasteiger partial charge in [0.05, 0.1) is 41.5 Å². The predicted octanol–water partition coefficient (Wildman–Crippen LogP) is 7.54. The van der Waals surface area contributed by atoms with Crippen LogP contribution in [0.2, 0.25) is 0 Å². The second kappa shape index (κ2) is 22.5. The van der Waals surface area contributed by atoms with Crippen molar-refractivity contribution in [2.75, 3.05) is 26.4 Å². The van der Waals surface area contributed by atoms with Crippen LogP contribution in [0.4, 0.5) is 0 Å². The number of azide groups is 1. The zero-order valence-electron chi connectivity index (χ0n) is 31.5. The first-order chi connectivity index (χ1) is 27.9. The second-order valence-electron chi connectivity index (χ2n) is 13.0. The van der Waals surface area contributed by atoms with Crippen LogP contribution in [-0.2, 0) is 33.2 Å². The summed E-state index contributed by atoms with van der Waals surface area (Å²) in [6.07, 6.45) is -3.65. The van der Waals surface area contributed by atoms with Crippen molar-refractivity contribution in [1.29, 1.82) is 0 Å². The molecule has 0 aliphatic carbocycles. The van der Waals surface area contributed by atoms with Gasteiger partial charge in [-0.1, -0.05) is 104 Å². The highest BCUT2D eigenvalue weighted by Crippen LogP contribution is 2.32. The molecule has 0 radical (unpaired) electrons. The fourth-order valence-electron chi connectivity index (χ4n) is 5.91. The SMILES string of the molecule is CCCCCCOC[C@H](CO[C@@H]1O[C@H](COC(=O)c2ccccc2)[C@H](OC(=O)c2ccccc2)[C@H](OC(=O)c2ccccc2)[C@H]1OC(=O)c1ccccc1)N=[N+]=[N-]. The first kappa shape index (κ1) is 42.1. The minimum Gasteiger partial charge on any atom is -0.459 e. The van der Waals surface area contributed by atoms with Gasteiger partial charge in [0.15, 0.2) is 24.6 Å². The molecule has 0 saturated carbocycles. The number of esters is 4. The lowest BCUT2D eigenvalue weighted by atomic mass is 9.97. The summed E-state index contributed by atoms with van der Waals surface area (Å²) in [6.45, 7) is 1.76. The van der Waals surface area contributed by atoms with E-state index in [1.165, 1.54) is 36.4 Å². The Kier molecular flexibility index (Phi) is 16.6. The fraction of sp³-hybridized carbons (Fsp3) is 0.349. The number of hydrogen-bond acceptors (Lipinski definition) is 12. The van der Waals surface area contributed by atoms with Crippen molar-refractivity contribution in [2.45, 2.75) is 69.4 Å². The van der Waals surface area contributed by atoms with Gasteiger partial charge >= 0.3 is 23.9 Å². The maximum atomic E-state index is 13.8. The zero-order valence-corrected chi connectivity index (χ0v) is 31.5. The Morgan fingerprint density at radius 1 is 0.632 bits per heavy atom. The summed E-state index contributed by atoms with van der Waals surface area (Å²) >= 11 is 0. The van der Waals surface area contributed by atoms with Crippen molar-refractivity contribution >= 4 is 23.9 Å². The molecule has 1 saturated heterocycles. The summed E-state index contributed by atoms with van der Waals surface area (Å²) in [7, 11) is 0. The number of ether oxygens (including phenoxy) is 7. The third-order valence-electron chi connectivity index (χ3n) is 8.86. The first-order valence-electron chi connectivity index (χ1n) is 18.8. The maximum Gasteiger partial charge on any atom is 0.338 e. The van der Waals surface area contributed by atoms with Gasteiger partial charge in [0.2, 0.25) is 0 Å². The van der Waals surface area contributed by atoms with Gasteiger partial charge in [0, 0.05) is 11.5 Å². The highest BCUT2D eigenvalue weighted by atomic mass is 16.7. The summed E-state index contributed by atoms with van der Waals surface area (Å²) in [5, 5.41) is 3.83. The number of rotatable bonds is 20. The van der Waals surface area contributed by atoms with E-state index in [1.54, 1.807) is 84.9 Å². The number of hydrogen-bond donors (Lipinski definition) is 0. The van der Waals surface area contributed by atoms with Gasteiger partial charge in [0.25, 0.3) is 0 Å². The van der Waals surface area contributed by atoms with E-state index in [2.05, 4.69) is 16.9 Å². The van der Waals surface area contributed by atoms with Crippen LogP contribution in [0, 0.1) is 0 Å². The van der Waals surface area contributed by atoms with Crippen LogP contribution in [0.3, 0.4) is 0 Å². The third-order valence-corrected chi connectivity index (χ3v) is 8.86. The van der Waals surface area contributed by atoms with Gasteiger partial charge in [-0.15, -0.1) is 0 Å². The molecule has 0 bridgehead atoms. The summed E-state index contributed by atoms with van der Waals surface area (Å²) in [5.74, 6) is -3.20. The van der Waals surface area contributed by atoms with E-state index in [-0.39, 0.29) is 35.5 Å². The Bertz CT molecular complexity index is 1910. The number of carbonyl (C=O) groups is 4. The number of unbranched alkanes of at least 4 members (excludes halogenated alkanes) is 3. The van der Waals surface area contributed by atoms with Crippen LogP contribution >= 0.6 is 0 Å². The summed E-state index contributed by atoms with van der Waals surface area (Å²) in [4.78, 5) is 57.3. The van der Waals surface area contributed by atoms with E-state index in [0.717, 1.165) is 25.7 Å². The van der Waals surface area contributed by atoms with E-state index < -0.39 is 67.2 Å². The molecule has 298 valence electrons. The molecular weight excluding hydrogens is 734 g/mol. The summed E-state index contributed by atoms with van der Waals surface area (Å²) in [6, 6.07) is 31.5. The van der Waals surface area contributed by atoms with Crippen LogP contribution in [0.15, 0.2) is 126 Å². The molecule has 4 aromatic rings. The van der Waals surface area contributed by atoms with Gasteiger partial charge in [-0.2, -0.15) is 0 Å². The Balaban J connectivity index is 1.51. The maximum absolute atomic E-state index is 13.8. The van der Waals surface area contributed by atoms with Gasteiger partial charge in [-0.3, -0.25) is 0 Å². The fourth-order valence-corrected chi connectivity index (χ4v) is 5.91. The molecule has 14 heteroatoms. The van der Waals surface area contributed by atoms with Crippen LogP contribution in [0.1, 0.15) is 74.0 Å². The van der Waals surface area contributed by atoms with Crippen molar-refractivity contribution in [3.8, 4) is 0 Å². The van der Waals surface area contributed by atoms with Gasteiger partial charge in [-0.25, -0.2) is 19.2 Å². The van der Waals surface area contributed by atoms with Gasteiger partial charge in [-0.05, 0) is 60.5 Å². The molecule has 0 aromatic heterocycles. The lowest BCUT2D eigenvalue weighted by molar-refractivity contribution is -0.299.